The van der Waals surface area contributed by atoms with Crippen LogP contribution in [0, 0.1) is 18.3 Å². The third-order valence-corrected chi connectivity index (χ3v) is 2.05. The van der Waals surface area contributed by atoms with Crippen LogP contribution in [0.3, 0.4) is 0 Å². The van der Waals surface area contributed by atoms with Crippen molar-refractivity contribution in [3.63, 3.8) is 0 Å². The highest BCUT2D eigenvalue weighted by Crippen LogP contribution is 2.33. The van der Waals surface area contributed by atoms with Crippen LogP contribution in [-0.2, 0) is 12.8 Å². The van der Waals surface area contributed by atoms with E-state index in [0.717, 1.165) is 6.07 Å². The molecule has 0 aromatic heterocycles. The summed E-state index contributed by atoms with van der Waals surface area (Å²) in [6.45, 7) is 0.852. The van der Waals surface area contributed by atoms with Crippen LogP contribution in [0.4, 0.5) is 13.2 Å². The maximum atomic E-state index is 12.4. The van der Waals surface area contributed by atoms with E-state index in [2.05, 4.69) is 0 Å². The van der Waals surface area contributed by atoms with Crippen molar-refractivity contribution >= 4 is 0 Å². The first-order valence-corrected chi connectivity index (χ1v) is 4.12. The Morgan fingerprint density at radius 3 is 2.40 bits per heavy atom. The number of rotatable bonds is 1. The summed E-state index contributed by atoms with van der Waals surface area (Å²) in [6, 6.07) is 3.57. The first-order chi connectivity index (χ1) is 6.90. The summed E-state index contributed by atoms with van der Waals surface area (Å²) in [5, 5.41) is 17.4. The Bertz CT molecular complexity index is 418. The Hall–Kier alpha value is -1.54. The van der Waals surface area contributed by atoms with Crippen LogP contribution >= 0.6 is 0 Å². The van der Waals surface area contributed by atoms with Crippen molar-refractivity contribution in [1.82, 2.24) is 0 Å². The number of hydrogen-bond acceptors (Lipinski definition) is 2. The van der Waals surface area contributed by atoms with Gasteiger partial charge < -0.3 is 5.11 Å². The molecular weight excluding hydrogens is 207 g/mol. The maximum Gasteiger partial charge on any atom is 0.416 e. The van der Waals surface area contributed by atoms with Crippen molar-refractivity contribution in [1.29, 1.82) is 5.26 Å². The van der Waals surface area contributed by atoms with Crippen molar-refractivity contribution in [3.8, 4) is 6.07 Å². The van der Waals surface area contributed by atoms with Crippen molar-refractivity contribution < 1.29 is 18.3 Å². The van der Waals surface area contributed by atoms with Crippen LogP contribution in [0.1, 0.15) is 22.3 Å². The largest absolute Gasteiger partial charge is 0.416 e. The second kappa shape index (κ2) is 3.91. The third-order valence-electron chi connectivity index (χ3n) is 2.05. The van der Waals surface area contributed by atoms with Crippen molar-refractivity contribution in [2.24, 2.45) is 0 Å². The lowest BCUT2D eigenvalue weighted by Gasteiger charge is -2.12. The normalized spacial score (nSPS) is 11.2. The number of nitriles is 1. The molecule has 0 amide bonds. The SMILES string of the molecule is Cc1cc(CO)c(C#N)cc1C(F)(F)F. The first-order valence-electron chi connectivity index (χ1n) is 4.12. The van der Waals surface area contributed by atoms with Crippen LogP contribution in [0.25, 0.3) is 0 Å². The third kappa shape index (κ3) is 2.28. The number of nitrogens with zero attached hydrogens (tertiary/aromatic N) is 1. The zero-order valence-corrected chi connectivity index (χ0v) is 7.89. The molecule has 0 heterocycles. The number of aliphatic hydroxyl groups excluding tert-OH is 1. The molecule has 0 unspecified atom stereocenters. The average molecular weight is 215 g/mol. The maximum absolute atomic E-state index is 12.4. The number of halogens is 3. The quantitative estimate of drug-likeness (QED) is 0.781. The van der Waals surface area contributed by atoms with Gasteiger partial charge in [-0.15, -0.1) is 0 Å². The molecule has 1 aromatic rings. The van der Waals surface area contributed by atoms with E-state index in [-0.39, 0.29) is 16.7 Å². The van der Waals surface area contributed by atoms with E-state index >= 15 is 0 Å². The number of aryl methyl sites for hydroxylation is 1. The van der Waals surface area contributed by atoms with Crippen molar-refractivity contribution in [3.05, 3.63) is 34.4 Å². The number of hydrogen-bond donors (Lipinski definition) is 1. The minimum absolute atomic E-state index is 0.00514. The summed E-state index contributed by atoms with van der Waals surface area (Å²) >= 11 is 0. The molecule has 0 atom stereocenters. The summed E-state index contributed by atoms with van der Waals surface area (Å²) in [5.41, 5.74) is -0.764. The van der Waals surface area contributed by atoms with Gasteiger partial charge in [0, 0.05) is 0 Å². The van der Waals surface area contributed by atoms with Gasteiger partial charge in [-0.3, -0.25) is 0 Å². The zero-order chi connectivity index (χ0) is 11.6. The second-order valence-corrected chi connectivity index (χ2v) is 3.09. The van der Waals surface area contributed by atoms with Gasteiger partial charge in [0.2, 0.25) is 0 Å². The highest BCUT2D eigenvalue weighted by atomic mass is 19.4. The molecule has 0 spiro atoms. The highest BCUT2D eigenvalue weighted by molar-refractivity contribution is 5.45. The van der Waals surface area contributed by atoms with Gasteiger partial charge in [0.1, 0.15) is 0 Å². The summed E-state index contributed by atoms with van der Waals surface area (Å²) < 4.78 is 37.3. The monoisotopic (exact) mass is 215 g/mol. The molecule has 0 aliphatic carbocycles. The molecular formula is C10H8F3NO. The molecule has 80 valence electrons. The lowest BCUT2D eigenvalue weighted by atomic mass is 10.00. The molecule has 0 aliphatic heterocycles. The van der Waals surface area contributed by atoms with Crippen LogP contribution in [-0.4, -0.2) is 5.11 Å². The van der Waals surface area contributed by atoms with Gasteiger partial charge in [-0.1, -0.05) is 6.07 Å². The number of aliphatic hydroxyl groups is 1. The Labute approximate surface area is 84.6 Å². The zero-order valence-electron chi connectivity index (χ0n) is 7.89. The second-order valence-electron chi connectivity index (χ2n) is 3.09. The van der Waals surface area contributed by atoms with Gasteiger partial charge in [-0.2, -0.15) is 18.4 Å². The topological polar surface area (TPSA) is 44.0 Å². The number of benzene rings is 1. The van der Waals surface area contributed by atoms with E-state index in [9.17, 15) is 13.2 Å². The van der Waals surface area contributed by atoms with E-state index in [1.54, 1.807) is 6.07 Å². The minimum atomic E-state index is -4.47. The summed E-state index contributed by atoms with van der Waals surface area (Å²) in [7, 11) is 0. The van der Waals surface area contributed by atoms with E-state index in [4.69, 9.17) is 10.4 Å². The Kier molecular flexibility index (Phi) is 3.01. The molecule has 0 fully saturated rings. The summed E-state index contributed by atoms with van der Waals surface area (Å²) in [4.78, 5) is 0. The number of alkyl halides is 3. The predicted octanol–water partition coefficient (Wildman–Crippen LogP) is 2.38. The average Bonchev–Trinajstić information content (AvgIpc) is 2.15. The molecule has 1 N–H and O–H groups in total. The highest BCUT2D eigenvalue weighted by Gasteiger charge is 2.33. The van der Waals surface area contributed by atoms with E-state index in [0.29, 0.717) is 0 Å². The molecule has 1 rings (SSSR count). The molecule has 0 bridgehead atoms. The van der Waals surface area contributed by atoms with Gasteiger partial charge in [-0.05, 0) is 24.1 Å². The van der Waals surface area contributed by atoms with E-state index < -0.39 is 18.3 Å². The van der Waals surface area contributed by atoms with Crippen LogP contribution in [0.15, 0.2) is 12.1 Å². The fourth-order valence-electron chi connectivity index (χ4n) is 1.31. The smallest absolute Gasteiger partial charge is 0.392 e. The fourth-order valence-corrected chi connectivity index (χ4v) is 1.31. The van der Waals surface area contributed by atoms with Gasteiger partial charge in [0.05, 0.1) is 23.8 Å². The van der Waals surface area contributed by atoms with Gasteiger partial charge >= 0.3 is 6.18 Å². The van der Waals surface area contributed by atoms with Crippen LogP contribution in [0.5, 0.6) is 0 Å². The lowest BCUT2D eigenvalue weighted by molar-refractivity contribution is -0.138. The van der Waals surface area contributed by atoms with Crippen LogP contribution in [0.2, 0.25) is 0 Å². The Morgan fingerprint density at radius 1 is 1.40 bits per heavy atom. The van der Waals surface area contributed by atoms with E-state index in [1.807, 2.05) is 0 Å². The molecule has 0 aliphatic rings. The summed E-state index contributed by atoms with van der Waals surface area (Å²) in [5.74, 6) is 0. The van der Waals surface area contributed by atoms with Crippen LogP contribution < -0.4 is 0 Å². The standard InChI is InChI=1S/C10H8F3NO/c1-6-2-8(5-15)7(4-14)3-9(6)10(11,12)13/h2-3,15H,5H2,1H3. The minimum Gasteiger partial charge on any atom is -0.392 e. The molecule has 2 nitrogen and oxygen atoms in total. The Balaban J connectivity index is 3.41. The lowest BCUT2D eigenvalue weighted by Crippen LogP contribution is -2.09. The van der Waals surface area contributed by atoms with Gasteiger partial charge in [0.25, 0.3) is 0 Å². The van der Waals surface area contributed by atoms with E-state index in [1.165, 1.54) is 13.0 Å². The van der Waals surface area contributed by atoms with Crippen molar-refractivity contribution in [2.45, 2.75) is 19.7 Å². The fraction of sp³-hybridized carbons (Fsp3) is 0.300. The molecule has 5 heteroatoms. The molecule has 1 aromatic carbocycles. The predicted molar refractivity (Wildman–Crippen MR) is 46.8 cm³/mol. The summed E-state index contributed by atoms with van der Waals surface area (Å²) in [6.07, 6.45) is -4.47. The molecule has 0 saturated heterocycles. The first kappa shape index (κ1) is 11.5. The van der Waals surface area contributed by atoms with Crippen molar-refractivity contribution in [2.75, 3.05) is 0 Å². The molecule has 0 saturated carbocycles. The molecule has 15 heavy (non-hydrogen) atoms. The van der Waals surface area contributed by atoms with Gasteiger partial charge in [0.15, 0.2) is 0 Å². The Morgan fingerprint density at radius 2 is 2.00 bits per heavy atom. The molecule has 0 radical (unpaired) electrons. The van der Waals surface area contributed by atoms with Gasteiger partial charge in [-0.25, -0.2) is 0 Å².